The number of nitrogens with zero attached hydrogens (tertiary/aromatic N) is 3. The summed E-state index contributed by atoms with van der Waals surface area (Å²) in [5, 5.41) is 33.3. The Hall–Kier alpha value is -2.21. The third-order valence-corrected chi connectivity index (χ3v) is 3.59. The molecular formula is C12H17N5O6. The number of fused-ring (bicyclic) bond motifs is 1. The molecule has 3 rings (SSSR count). The standard InChI is InChI=1S/C12H17N5O6/c1-2-22-10-5-8(14-12(13)15-9(5)21)17(16-10)11-7(20)6(19)4(3-18)23-11/h4,6-7,11,18-20H,2-3H2,1H3,(H3,13,14,15,21)/t4-,6-,7-,11-/m1/s1. The molecule has 1 fully saturated rings. The Labute approximate surface area is 129 Å². The van der Waals surface area contributed by atoms with Gasteiger partial charge in [-0.15, -0.1) is 5.10 Å². The van der Waals surface area contributed by atoms with Crippen molar-refractivity contribution in [3.05, 3.63) is 10.4 Å². The number of rotatable bonds is 4. The van der Waals surface area contributed by atoms with Crippen LogP contribution in [0.15, 0.2) is 4.79 Å². The molecule has 0 spiro atoms. The molecule has 6 N–H and O–H groups in total. The maximum Gasteiger partial charge on any atom is 0.267 e. The zero-order chi connectivity index (χ0) is 16.7. The van der Waals surface area contributed by atoms with E-state index in [-0.39, 0.29) is 29.5 Å². The molecule has 4 atom stereocenters. The van der Waals surface area contributed by atoms with E-state index < -0.39 is 36.7 Å². The smallest absolute Gasteiger partial charge is 0.267 e. The normalized spacial score (nSPS) is 27.7. The molecule has 0 amide bonds. The van der Waals surface area contributed by atoms with Crippen LogP contribution in [0.4, 0.5) is 5.95 Å². The first-order valence-corrected chi connectivity index (χ1v) is 7.01. The molecule has 126 valence electrons. The Kier molecular flexibility index (Phi) is 3.93. The molecule has 0 aliphatic carbocycles. The Morgan fingerprint density at radius 2 is 2.17 bits per heavy atom. The molecule has 2 aromatic rings. The van der Waals surface area contributed by atoms with E-state index in [1.165, 1.54) is 0 Å². The SMILES string of the molecule is CCOc1nn([C@@H]2O[C@H](CO)[C@@H](O)[C@H]2O)c2nc(N)[nH]c(=O)c12. The van der Waals surface area contributed by atoms with Gasteiger partial charge in [-0.1, -0.05) is 0 Å². The molecule has 1 aliphatic heterocycles. The van der Waals surface area contributed by atoms with Gasteiger partial charge in [-0.25, -0.2) is 4.68 Å². The highest BCUT2D eigenvalue weighted by molar-refractivity contribution is 5.81. The van der Waals surface area contributed by atoms with E-state index in [1.54, 1.807) is 6.92 Å². The Morgan fingerprint density at radius 1 is 1.43 bits per heavy atom. The number of aromatic nitrogens is 4. The zero-order valence-electron chi connectivity index (χ0n) is 12.2. The van der Waals surface area contributed by atoms with Crippen molar-refractivity contribution in [3.63, 3.8) is 0 Å². The number of aliphatic hydroxyl groups is 3. The lowest BCUT2D eigenvalue weighted by Gasteiger charge is -2.15. The number of aliphatic hydroxyl groups excluding tert-OH is 3. The third kappa shape index (κ3) is 2.43. The lowest BCUT2D eigenvalue weighted by Crippen LogP contribution is -2.33. The van der Waals surface area contributed by atoms with Crippen molar-refractivity contribution in [3.8, 4) is 5.88 Å². The van der Waals surface area contributed by atoms with Crippen molar-refractivity contribution in [1.29, 1.82) is 0 Å². The van der Waals surface area contributed by atoms with Crippen LogP contribution < -0.4 is 16.0 Å². The highest BCUT2D eigenvalue weighted by atomic mass is 16.6. The number of anilines is 1. The second-order valence-corrected chi connectivity index (χ2v) is 5.06. The van der Waals surface area contributed by atoms with E-state index in [0.717, 1.165) is 4.68 Å². The van der Waals surface area contributed by atoms with Crippen LogP contribution in [0.1, 0.15) is 13.2 Å². The molecule has 0 bridgehead atoms. The summed E-state index contributed by atoms with van der Waals surface area (Å²) in [6.07, 6.45) is -4.80. The Balaban J connectivity index is 2.16. The van der Waals surface area contributed by atoms with E-state index in [1.807, 2.05) is 0 Å². The van der Waals surface area contributed by atoms with Crippen LogP contribution in [-0.2, 0) is 4.74 Å². The van der Waals surface area contributed by atoms with Crippen LogP contribution in [0.5, 0.6) is 5.88 Å². The molecule has 3 heterocycles. The van der Waals surface area contributed by atoms with Gasteiger partial charge >= 0.3 is 0 Å². The second kappa shape index (κ2) is 5.77. The van der Waals surface area contributed by atoms with Gasteiger partial charge in [0.1, 0.15) is 23.7 Å². The first kappa shape index (κ1) is 15.7. The van der Waals surface area contributed by atoms with Gasteiger partial charge in [0.05, 0.1) is 13.2 Å². The van der Waals surface area contributed by atoms with Gasteiger partial charge in [-0.3, -0.25) is 9.78 Å². The highest BCUT2D eigenvalue weighted by Crippen LogP contribution is 2.32. The van der Waals surface area contributed by atoms with Crippen LogP contribution in [-0.4, -0.2) is 66.6 Å². The summed E-state index contributed by atoms with van der Waals surface area (Å²) in [5.74, 6) is -0.132. The molecule has 0 radical (unpaired) electrons. The minimum atomic E-state index is -1.37. The predicted molar refractivity (Wildman–Crippen MR) is 76.7 cm³/mol. The van der Waals surface area contributed by atoms with Gasteiger partial charge in [-0.2, -0.15) is 4.98 Å². The molecular weight excluding hydrogens is 310 g/mol. The number of hydrogen-bond donors (Lipinski definition) is 5. The Morgan fingerprint density at radius 3 is 2.78 bits per heavy atom. The summed E-state index contributed by atoms with van der Waals surface area (Å²) in [6, 6.07) is 0. The van der Waals surface area contributed by atoms with Crippen LogP contribution >= 0.6 is 0 Å². The quantitative estimate of drug-likeness (QED) is 0.415. The van der Waals surface area contributed by atoms with E-state index in [2.05, 4.69) is 15.1 Å². The average molecular weight is 327 g/mol. The molecule has 1 aliphatic rings. The Bertz CT molecular complexity index is 773. The molecule has 0 aromatic carbocycles. The van der Waals surface area contributed by atoms with Crippen molar-refractivity contribution in [2.24, 2.45) is 0 Å². The number of nitrogen functional groups attached to an aromatic ring is 1. The molecule has 0 saturated carbocycles. The zero-order valence-corrected chi connectivity index (χ0v) is 12.2. The monoisotopic (exact) mass is 327 g/mol. The van der Waals surface area contributed by atoms with Gasteiger partial charge < -0.3 is 30.5 Å². The van der Waals surface area contributed by atoms with Gasteiger partial charge in [0.2, 0.25) is 11.8 Å². The first-order chi connectivity index (χ1) is 11.0. The van der Waals surface area contributed by atoms with E-state index in [9.17, 15) is 15.0 Å². The average Bonchev–Trinajstić information content (AvgIpc) is 2.99. The largest absolute Gasteiger partial charge is 0.476 e. The molecule has 23 heavy (non-hydrogen) atoms. The summed E-state index contributed by atoms with van der Waals surface area (Å²) in [5.41, 5.74) is 5.05. The number of hydrogen-bond acceptors (Lipinski definition) is 9. The fraction of sp³-hybridized carbons (Fsp3) is 0.583. The summed E-state index contributed by atoms with van der Waals surface area (Å²) in [4.78, 5) is 18.4. The summed E-state index contributed by atoms with van der Waals surface area (Å²) < 4.78 is 11.8. The van der Waals surface area contributed by atoms with Gasteiger partial charge in [0.15, 0.2) is 11.9 Å². The number of nitrogens with one attached hydrogen (secondary N) is 1. The van der Waals surface area contributed by atoms with E-state index in [4.69, 9.17) is 20.3 Å². The van der Waals surface area contributed by atoms with Crippen LogP contribution in [0, 0.1) is 0 Å². The number of ether oxygens (including phenoxy) is 2. The van der Waals surface area contributed by atoms with Crippen molar-refractivity contribution in [2.45, 2.75) is 31.5 Å². The molecule has 1 saturated heterocycles. The van der Waals surface area contributed by atoms with Crippen LogP contribution in [0.25, 0.3) is 11.0 Å². The molecule has 0 unspecified atom stereocenters. The minimum absolute atomic E-state index is 0.00832. The van der Waals surface area contributed by atoms with Gasteiger partial charge in [-0.05, 0) is 6.92 Å². The molecule has 11 heteroatoms. The third-order valence-electron chi connectivity index (χ3n) is 3.59. The summed E-state index contributed by atoms with van der Waals surface area (Å²) in [7, 11) is 0. The summed E-state index contributed by atoms with van der Waals surface area (Å²) >= 11 is 0. The molecule has 11 nitrogen and oxygen atoms in total. The maximum absolute atomic E-state index is 12.1. The fourth-order valence-electron chi connectivity index (χ4n) is 2.53. The van der Waals surface area contributed by atoms with Crippen molar-refractivity contribution < 1.29 is 24.8 Å². The van der Waals surface area contributed by atoms with Crippen LogP contribution in [0.3, 0.4) is 0 Å². The fourth-order valence-corrected chi connectivity index (χ4v) is 2.53. The molecule has 2 aromatic heterocycles. The second-order valence-electron chi connectivity index (χ2n) is 5.06. The maximum atomic E-state index is 12.1. The summed E-state index contributed by atoms with van der Waals surface area (Å²) in [6.45, 7) is 1.49. The lowest BCUT2D eigenvalue weighted by molar-refractivity contribution is -0.0570. The van der Waals surface area contributed by atoms with E-state index >= 15 is 0 Å². The number of aromatic amines is 1. The van der Waals surface area contributed by atoms with Gasteiger partial charge in [0, 0.05) is 0 Å². The van der Waals surface area contributed by atoms with Crippen LogP contribution in [0.2, 0.25) is 0 Å². The van der Waals surface area contributed by atoms with Crippen molar-refractivity contribution in [1.82, 2.24) is 19.7 Å². The first-order valence-electron chi connectivity index (χ1n) is 7.01. The topological polar surface area (TPSA) is 169 Å². The number of H-pyrrole nitrogens is 1. The van der Waals surface area contributed by atoms with Gasteiger partial charge in [0.25, 0.3) is 5.56 Å². The van der Waals surface area contributed by atoms with E-state index in [0.29, 0.717) is 0 Å². The minimum Gasteiger partial charge on any atom is -0.476 e. The number of nitrogens with two attached hydrogens (primary N) is 1. The highest BCUT2D eigenvalue weighted by Gasteiger charge is 2.45. The lowest BCUT2D eigenvalue weighted by atomic mass is 10.1. The van der Waals surface area contributed by atoms with Crippen molar-refractivity contribution >= 4 is 17.0 Å². The predicted octanol–water partition coefficient (Wildman–Crippen LogP) is -2.29. The van der Waals surface area contributed by atoms with Crippen molar-refractivity contribution in [2.75, 3.05) is 18.9 Å².